The molecule has 0 spiro atoms. The van der Waals surface area contributed by atoms with Gasteiger partial charge in [-0.1, -0.05) is 58.4 Å². The Labute approximate surface area is 232 Å². The lowest BCUT2D eigenvalue weighted by Crippen LogP contribution is -2.53. The second-order valence-corrected chi connectivity index (χ2v) is 11.5. The normalized spacial score (nSPS) is 11.9. The van der Waals surface area contributed by atoms with Crippen LogP contribution < -0.4 is 14.4 Å². The number of methoxy groups -OCH3 is 1. The highest BCUT2D eigenvalue weighted by molar-refractivity contribution is 9.10. The SMILES string of the molecule is CCNC(=O)[C@@H](Cc1ccccc1)N(Cc1ccc(Br)cc1)C(=O)CN(c1ccc(OC)cc1)S(C)(=O)=O. The Kier molecular flexibility index (Phi) is 10.3. The standard InChI is InChI=1S/C28H32BrN3O5S/c1-4-30-28(34)26(18-21-8-6-5-7-9-21)31(19-22-10-12-23(29)13-11-22)27(33)20-32(38(3,35)36)24-14-16-25(37-2)17-15-24/h5-17,26H,4,18-20H2,1-3H3,(H,30,34)/t26-/m1/s1. The second kappa shape index (κ2) is 13.4. The largest absolute Gasteiger partial charge is 0.497 e. The Morgan fingerprint density at radius 3 is 2.13 bits per heavy atom. The molecule has 0 unspecified atom stereocenters. The first-order valence-electron chi connectivity index (χ1n) is 12.1. The van der Waals surface area contributed by atoms with Crippen molar-refractivity contribution in [2.45, 2.75) is 25.9 Å². The van der Waals surface area contributed by atoms with Crippen LogP contribution in [0.2, 0.25) is 0 Å². The fraction of sp³-hybridized carbons (Fsp3) is 0.286. The number of sulfonamides is 1. The quantitative estimate of drug-likeness (QED) is 0.338. The monoisotopic (exact) mass is 601 g/mol. The van der Waals surface area contributed by atoms with E-state index in [1.165, 1.54) is 12.0 Å². The van der Waals surface area contributed by atoms with Gasteiger partial charge in [-0.2, -0.15) is 0 Å². The van der Waals surface area contributed by atoms with Gasteiger partial charge in [-0.3, -0.25) is 13.9 Å². The van der Waals surface area contributed by atoms with E-state index in [1.807, 2.05) is 61.5 Å². The summed E-state index contributed by atoms with van der Waals surface area (Å²) in [7, 11) is -2.31. The first kappa shape index (κ1) is 29.2. The molecular weight excluding hydrogens is 570 g/mol. The Morgan fingerprint density at radius 2 is 1.58 bits per heavy atom. The van der Waals surface area contributed by atoms with Crippen molar-refractivity contribution in [2.24, 2.45) is 0 Å². The van der Waals surface area contributed by atoms with E-state index in [-0.39, 0.29) is 18.9 Å². The van der Waals surface area contributed by atoms with Gasteiger partial charge in [0.05, 0.1) is 19.1 Å². The Hall–Kier alpha value is -3.37. The molecule has 0 heterocycles. The van der Waals surface area contributed by atoms with Gasteiger partial charge in [0, 0.05) is 24.0 Å². The summed E-state index contributed by atoms with van der Waals surface area (Å²) >= 11 is 3.42. The van der Waals surface area contributed by atoms with Gasteiger partial charge in [0.2, 0.25) is 21.8 Å². The van der Waals surface area contributed by atoms with E-state index in [0.717, 1.165) is 26.2 Å². The van der Waals surface area contributed by atoms with E-state index < -0.39 is 28.5 Å². The van der Waals surface area contributed by atoms with Crippen molar-refractivity contribution in [3.8, 4) is 5.75 Å². The predicted octanol–water partition coefficient (Wildman–Crippen LogP) is 4.00. The van der Waals surface area contributed by atoms with Gasteiger partial charge in [0.1, 0.15) is 18.3 Å². The molecule has 38 heavy (non-hydrogen) atoms. The van der Waals surface area contributed by atoms with E-state index in [9.17, 15) is 18.0 Å². The Balaban J connectivity index is 2.01. The topological polar surface area (TPSA) is 96.0 Å². The number of rotatable bonds is 12. The highest BCUT2D eigenvalue weighted by atomic mass is 79.9. The lowest BCUT2D eigenvalue weighted by Gasteiger charge is -2.33. The molecule has 0 saturated heterocycles. The van der Waals surface area contributed by atoms with Crippen LogP contribution in [-0.2, 0) is 32.6 Å². The highest BCUT2D eigenvalue weighted by Gasteiger charge is 2.32. The lowest BCUT2D eigenvalue weighted by molar-refractivity contribution is -0.140. The maximum Gasteiger partial charge on any atom is 0.244 e. The molecule has 0 aliphatic carbocycles. The predicted molar refractivity (Wildman–Crippen MR) is 152 cm³/mol. The van der Waals surface area contributed by atoms with Crippen LogP contribution in [0.5, 0.6) is 5.75 Å². The molecule has 3 aromatic carbocycles. The van der Waals surface area contributed by atoms with Crippen LogP contribution in [0.4, 0.5) is 5.69 Å². The van der Waals surface area contributed by atoms with Gasteiger partial charge in [0.15, 0.2) is 0 Å². The number of benzene rings is 3. The van der Waals surface area contributed by atoms with E-state index in [0.29, 0.717) is 18.0 Å². The first-order valence-corrected chi connectivity index (χ1v) is 14.7. The third-order valence-corrected chi connectivity index (χ3v) is 7.60. The zero-order chi connectivity index (χ0) is 27.7. The van der Waals surface area contributed by atoms with Crippen LogP contribution in [0, 0.1) is 0 Å². The van der Waals surface area contributed by atoms with Crippen molar-refractivity contribution in [1.82, 2.24) is 10.2 Å². The molecule has 1 N–H and O–H groups in total. The van der Waals surface area contributed by atoms with E-state index in [4.69, 9.17) is 4.74 Å². The number of carbonyl (C=O) groups excluding carboxylic acids is 2. The molecule has 3 aromatic rings. The molecule has 0 fully saturated rings. The number of nitrogens with zero attached hydrogens (tertiary/aromatic N) is 2. The minimum atomic E-state index is -3.82. The van der Waals surface area contributed by atoms with Crippen molar-refractivity contribution in [2.75, 3.05) is 30.8 Å². The summed E-state index contributed by atoms with van der Waals surface area (Å²) in [5.41, 5.74) is 2.01. The van der Waals surface area contributed by atoms with Crippen molar-refractivity contribution >= 4 is 43.5 Å². The van der Waals surface area contributed by atoms with Gasteiger partial charge in [-0.25, -0.2) is 8.42 Å². The van der Waals surface area contributed by atoms with Gasteiger partial charge < -0.3 is 15.0 Å². The number of anilines is 1. The summed E-state index contributed by atoms with van der Waals surface area (Å²) in [6.45, 7) is 1.87. The number of ether oxygens (including phenoxy) is 1. The van der Waals surface area contributed by atoms with Crippen molar-refractivity contribution < 1.29 is 22.7 Å². The van der Waals surface area contributed by atoms with Crippen LogP contribution in [0.25, 0.3) is 0 Å². The number of nitrogens with one attached hydrogen (secondary N) is 1. The number of likely N-dealkylation sites (N-methyl/N-ethyl adjacent to an activating group) is 1. The summed E-state index contributed by atoms with van der Waals surface area (Å²) in [4.78, 5) is 28.7. The number of halogens is 1. The maximum atomic E-state index is 13.9. The van der Waals surface area contributed by atoms with Crippen LogP contribution in [0.15, 0.2) is 83.3 Å². The molecular formula is C28H32BrN3O5S. The first-order chi connectivity index (χ1) is 18.1. The molecule has 8 nitrogen and oxygen atoms in total. The summed E-state index contributed by atoms with van der Waals surface area (Å²) in [5, 5.41) is 2.84. The zero-order valence-electron chi connectivity index (χ0n) is 21.6. The zero-order valence-corrected chi connectivity index (χ0v) is 24.0. The van der Waals surface area contributed by atoms with Crippen molar-refractivity contribution in [3.05, 3.63) is 94.5 Å². The third-order valence-electron chi connectivity index (χ3n) is 5.93. The molecule has 3 rings (SSSR count). The fourth-order valence-electron chi connectivity index (χ4n) is 3.99. The molecule has 10 heteroatoms. The average molecular weight is 603 g/mol. The third kappa shape index (κ3) is 8.06. The van der Waals surface area contributed by atoms with Gasteiger partial charge in [-0.05, 0) is 54.4 Å². The minimum Gasteiger partial charge on any atom is -0.497 e. The van der Waals surface area contributed by atoms with Gasteiger partial charge in [-0.15, -0.1) is 0 Å². The molecule has 0 radical (unpaired) electrons. The van der Waals surface area contributed by atoms with E-state index in [2.05, 4.69) is 21.2 Å². The number of hydrogen-bond acceptors (Lipinski definition) is 5. The summed E-state index contributed by atoms with van der Waals surface area (Å²) in [6, 6.07) is 22.4. The number of carbonyl (C=O) groups is 2. The van der Waals surface area contributed by atoms with Crippen LogP contribution in [0.3, 0.4) is 0 Å². The molecule has 0 aromatic heterocycles. The molecule has 1 atom stereocenters. The van der Waals surface area contributed by atoms with Crippen molar-refractivity contribution in [3.63, 3.8) is 0 Å². The molecule has 0 aliphatic heterocycles. The minimum absolute atomic E-state index is 0.126. The molecule has 2 amide bonds. The van der Waals surface area contributed by atoms with Crippen LogP contribution >= 0.6 is 15.9 Å². The van der Waals surface area contributed by atoms with Crippen LogP contribution in [-0.4, -0.2) is 57.6 Å². The Bertz CT molecular complexity index is 1320. The molecule has 0 bridgehead atoms. The molecule has 0 aliphatic rings. The fourth-order valence-corrected chi connectivity index (χ4v) is 5.11. The second-order valence-electron chi connectivity index (χ2n) is 8.72. The van der Waals surface area contributed by atoms with Gasteiger partial charge in [0.25, 0.3) is 0 Å². The van der Waals surface area contributed by atoms with Crippen molar-refractivity contribution in [1.29, 1.82) is 0 Å². The average Bonchev–Trinajstić information content (AvgIpc) is 2.90. The maximum absolute atomic E-state index is 13.9. The van der Waals surface area contributed by atoms with Crippen LogP contribution in [0.1, 0.15) is 18.1 Å². The lowest BCUT2D eigenvalue weighted by atomic mass is 10.0. The van der Waals surface area contributed by atoms with Gasteiger partial charge >= 0.3 is 0 Å². The summed E-state index contributed by atoms with van der Waals surface area (Å²) in [6.07, 6.45) is 1.32. The Morgan fingerprint density at radius 1 is 0.947 bits per heavy atom. The summed E-state index contributed by atoms with van der Waals surface area (Å²) < 4.78 is 32.7. The highest BCUT2D eigenvalue weighted by Crippen LogP contribution is 2.23. The van der Waals surface area contributed by atoms with E-state index >= 15 is 0 Å². The van der Waals surface area contributed by atoms with E-state index in [1.54, 1.807) is 24.3 Å². The summed E-state index contributed by atoms with van der Waals surface area (Å²) in [5.74, 6) is -0.247. The number of amides is 2. The molecule has 202 valence electrons. The smallest absolute Gasteiger partial charge is 0.244 e. The molecule has 0 saturated carbocycles. The number of hydrogen-bond donors (Lipinski definition) is 1.